The predicted molar refractivity (Wildman–Crippen MR) is 60.9 cm³/mol. The van der Waals surface area contributed by atoms with E-state index in [0.717, 1.165) is 11.3 Å². The van der Waals surface area contributed by atoms with E-state index in [0.29, 0.717) is 5.65 Å². The van der Waals surface area contributed by atoms with Crippen LogP contribution in [0.15, 0.2) is 23.1 Å². The number of carbonyl (C=O) groups excluding carboxylic acids is 1. The van der Waals surface area contributed by atoms with Gasteiger partial charge in [0.1, 0.15) is 11.2 Å². The third-order valence-electron chi connectivity index (χ3n) is 2.50. The van der Waals surface area contributed by atoms with Crippen LogP contribution in [0.3, 0.4) is 0 Å². The smallest absolute Gasteiger partial charge is 0.284 e. The Balaban J connectivity index is 2.90. The summed E-state index contributed by atoms with van der Waals surface area (Å²) in [5.74, 6) is -0.258. The molecule has 0 aliphatic heterocycles. The van der Waals surface area contributed by atoms with E-state index in [1.807, 2.05) is 26.0 Å². The van der Waals surface area contributed by atoms with Crippen molar-refractivity contribution >= 4 is 11.4 Å². The number of rotatable bonds is 1. The zero-order chi connectivity index (χ0) is 11.9. The SMILES string of the molecule is CC(=O)c1cn2c(C)cc(C)cc2nc1=O. The summed E-state index contributed by atoms with van der Waals surface area (Å²) in [6.07, 6.45) is 1.56. The van der Waals surface area contributed by atoms with Gasteiger partial charge in [0.05, 0.1) is 0 Å². The van der Waals surface area contributed by atoms with Gasteiger partial charge >= 0.3 is 0 Å². The zero-order valence-electron chi connectivity index (χ0n) is 9.44. The van der Waals surface area contributed by atoms with Crippen LogP contribution in [0.25, 0.3) is 5.65 Å². The average molecular weight is 216 g/mol. The highest BCUT2D eigenvalue weighted by molar-refractivity contribution is 5.93. The number of hydrogen-bond donors (Lipinski definition) is 0. The number of aryl methyl sites for hydroxylation is 2. The molecular formula is C12H12N2O2. The summed E-state index contributed by atoms with van der Waals surface area (Å²) in [5, 5.41) is 0. The molecule has 0 amide bonds. The topological polar surface area (TPSA) is 51.4 Å². The van der Waals surface area contributed by atoms with E-state index in [2.05, 4.69) is 4.98 Å². The Labute approximate surface area is 92.6 Å². The highest BCUT2D eigenvalue weighted by atomic mass is 16.1. The molecule has 4 nitrogen and oxygen atoms in total. The van der Waals surface area contributed by atoms with Crippen LogP contribution in [-0.4, -0.2) is 15.2 Å². The maximum absolute atomic E-state index is 11.6. The summed E-state index contributed by atoms with van der Waals surface area (Å²) in [6.45, 7) is 5.22. The molecule has 2 heterocycles. The number of aromatic nitrogens is 2. The Kier molecular flexibility index (Phi) is 2.34. The molecule has 0 aliphatic carbocycles. The minimum absolute atomic E-state index is 0.129. The fourth-order valence-corrected chi connectivity index (χ4v) is 1.74. The fraction of sp³-hybridized carbons (Fsp3) is 0.250. The van der Waals surface area contributed by atoms with Crippen molar-refractivity contribution in [3.8, 4) is 0 Å². The molecule has 0 aliphatic rings. The molecule has 0 fully saturated rings. The van der Waals surface area contributed by atoms with Crippen LogP contribution in [0.1, 0.15) is 28.5 Å². The highest BCUT2D eigenvalue weighted by Crippen LogP contribution is 2.08. The lowest BCUT2D eigenvalue weighted by atomic mass is 10.2. The fourth-order valence-electron chi connectivity index (χ4n) is 1.74. The lowest BCUT2D eigenvalue weighted by Crippen LogP contribution is -2.18. The molecule has 0 saturated heterocycles. The molecule has 2 rings (SSSR count). The summed E-state index contributed by atoms with van der Waals surface area (Å²) in [5.41, 5.74) is 2.24. The molecule has 0 bridgehead atoms. The number of ketones is 1. The van der Waals surface area contributed by atoms with Gasteiger partial charge in [0.15, 0.2) is 5.78 Å². The predicted octanol–water partition coefficient (Wildman–Crippen LogP) is 1.51. The third kappa shape index (κ3) is 1.62. The van der Waals surface area contributed by atoms with Crippen LogP contribution in [0.2, 0.25) is 0 Å². The Morgan fingerprint density at radius 2 is 2.00 bits per heavy atom. The quantitative estimate of drug-likeness (QED) is 0.679. The van der Waals surface area contributed by atoms with Crippen molar-refractivity contribution in [1.29, 1.82) is 0 Å². The van der Waals surface area contributed by atoms with Gasteiger partial charge in [-0.1, -0.05) is 0 Å². The van der Waals surface area contributed by atoms with Gasteiger partial charge < -0.3 is 4.40 Å². The summed E-state index contributed by atoms with van der Waals surface area (Å²) < 4.78 is 1.76. The van der Waals surface area contributed by atoms with Gasteiger partial charge in [-0.3, -0.25) is 9.59 Å². The lowest BCUT2D eigenvalue weighted by molar-refractivity contribution is 0.101. The number of Topliss-reactive ketones (excluding diaryl/α,β-unsaturated/α-hetero) is 1. The summed E-state index contributed by atoms with van der Waals surface area (Å²) >= 11 is 0. The maximum atomic E-state index is 11.6. The van der Waals surface area contributed by atoms with Crippen LogP contribution in [0.4, 0.5) is 0 Å². The Morgan fingerprint density at radius 3 is 2.62 bits per heavy atom. The number of fused-ring (bicyclic) bond motifs is 1. The van der Waals surface area contributed by atoms with Crippen molar-refractivity contribution in [1.82, 2.24) is 9.38 Å². The van der Waals surface area contributed by atoms with Crippen LogP contribution >= 0.6 is 0 Å². The largest absolute Gasteiger partial charge is 0.305 e. The Bertz CT molecular complexity index is 641. The first-order valence-corrected chi connectivity index (χ1v) is 5.00. The second-order valence-corrected chi connectivity index (χ2v) is 3.92. The second-order valence-electron chi connectivity index (χ2n) is 3.92. The molecule has 0 unspecified atom stereocenters. The van der Waals surface area contributed by atoms with E-state index in [-0.39, 0.29) is 11.3 Å². The van der Waals surface area contributed by atoms with E-state index in [4.69, 9.17) is 0 Å². The van der Waals surface area contributed by atoms with Crippen LogP contribution in [-0.2, 0) is 0 Å². The number of hydrogen-bond acceptors (Lipinski definition) is 3. The Morgan fingerprint density at radius 1 is 1.31 bits per heavy atom. The van der Waals surface area contributed by atoms with Gasteiger partial charge in [0, 0.05) is 11.9 Å². The molecular weight excluding hydrogens is 204 g/mol. The number of pyridine rings is 1. The van der Waals surface area contributed by atoms with Gasteiger partial charge in [0.2, 0.25) is 0 Å². The first-order valence-electron chi connectivity index (χ1n) is 5.00. The molecule has 0 atom stereocenters. The average Bonchev–Trinajstić information content (AvgIpc) is 2.15. The molecule has 0 N–H and O–H groups in total. The van der Waals surface area contributed by atoms with Crippen LogP contribution in [0, 0.1) is 13.8 Å². The first kappa shape index (κ1) is 10.5. The highest BCUT2D eigenvalue weighted by Gasteiger charge is 2.09. The molecule has 0 saturated carbocycles. The van der Waals surface area contributed by atoms with Crippen molar-refractivity contribution in [3.63, 3.8) is 0 Å². The molecule has 0 radical (unpaired) electrons. The maximum Gasteiger partial charge on any atom is 0.284 e. The van der Waals surface area contributed by atoms with Crippen molar-refractivity contribution in [2.75, 3.05) is 0 Å². The van der Waals surface area contributed by atoms with Gasteiger partial charge in [-0.05, 0) is 38.5 Å². The van der Waals surface area contributed by atoms with Gasteiger partial charge in [-0.15, -0.1) is 0 Å². The molecule has 4 heteroatoms. The summed E-state index contributed by atoms with van der Waals surface area (Å²) in [7, 11) is 0. The monoisotopic (exact) mass is 216 g/mol. The van der Waals surface area contributed by atoms with E-state index in [1.165, 1.54) is 6.92 Å². The number of nitrogens with zero attached hydrogens (tertiary/aromatic N) is 2. The van der Waals surface area contributed by atoms with Gasteiger partial charge in [0.25, 0.3) is 5.56 Å². The van der Waals surface area contributed by atoms with Gasteiger partial charge in [-0.2, -0.15) is 4.98 Å². The van der Waals surface area contributed by atoms with Crippen LogP contribution in [0.5, 0.6) is 0 Å². The number of carbonyl (C=O) groups is 1. The third-order valence-corrected chi connectivity index (χ3v) is 2.50. The zero-order valence-corrected chi connectivity index (χ0v) is 9.44. The molecule has 0 spiro atoms. The van der Waals surface area contributed by atoms with E-state index >= 15 is 0 Å². The van der Waals surface area contributed by atoms with E-state index in [9.17, 15) is 9.59 Å². The normalized spacial score (nSPS) is 10.7. The summed E-state index contributed by atoms with van der Waals surface area (Å²) in [6, 6.07) is 3.79. The minimum atomic E-state index is -0.461. The molecule has 0 aromatic carbocycles. The van der Waals surface area contributed by atoms with E-state index < -0.39 is 5.56 Å². The van der Waals surface area contributed by atoms with Crippen molar-refractivity contribution in [2.45, 2.75) is 20.8 Å². The standard InChI is InChI=1S/C12H12N2O2/c1-7-4-8(2)14-6-10(9(3)15)12(16)13-11(14)5-7/h4-6H,1-3H3. The molecule has 2 aromatic heterocycles. The molecule has 16 heavy (non-hydrogen) atoms. The summed E-state index contributed by atoms with van der Waals surface area (Å²) in [4.78, 5) is 26.7. The lowest BCUT2D eigenvalue weighted by Gasteiger charge is -2.07. The van der Waals surface area contributed by atoms with Crippen molar-refractivity contribution < 1.29 is 4.79 Å². The van der Waals surface area contributed by atoms with Gasteiger partial charge in [-0.25, -0.2) is 0 Å². The van der Waals surface area contributed by atoms with Crippen molar-refractivity contribution in [2.24, 2.45) is 0 Å². The van der Waals surface area contributed by atoms with Crippen LogP contribution < -0.4 is 5.56 Å². The van der Waals surface area contributed by atoms with E-state index in [1.54, 1.807) is 10.6 Å². The molecule has 2 aromatic rings. The van der Waals surface area contributed by atoms with Crippen molar-refractivity contribution in [3.05, 3.63) is 45.5 Å². The minimum Gasteiger partial charge on any atom is -0.305 e. The Hall–Kier alpha value is -1.97. The molecule has 82 valence electrons. The second kappa shape index (κ2) is 3.56. The first-order chi connectivity index (χ1) is 7.49.